The number of rotatable bonds is 5. The molecule has 3 amide bonds. The monoisotopic (exact) mass is 450 g/mol. The van der Waals surface area contributed by atoms with Gasteiger partial charge in [0, 0.05) is 23.8 Å². The molecule has 0 fully saturated rings. The van der Waals surface area contributed by atoms with Crippen LogP contribution in [0.3, 0.4) is 0 Å². The van der Waals surface area contributed by atoms with E-state index in [0.29, 0.717) is 26.8 Å². The topological polar surface area (TPSA) is 117 Å². The number of pyridine rings is 1. The summed E-state index contributed by atoms with van der Waals surface area (Å²) >= 11 is 6.57. The van der Waals surface area contributed by atoms with Crippen molar-refractivity contribution in [3.63, 3.8) is 0 Å². The van der Waals surface area contributed by atoms with Crippen molar-refractivity contribution in [2.75, 3.05) is 10.6 Å². The molecule has 1 aromatic carbocycles. The molecular weight excluding hydrogens is 436 g/mol. The number of hydrogen-bond donors (Lipinski definition) is 3. The van der Waals surface area contributed by atoms with Gasteiger partial charge in [-0.1, -0.05) is 11.6 Å². The second-order valence-corrected chi connectivity index (χ2v) is 9.47. The van der Waals surface area contributed by atoms with Gasteiger partial charge < -0.3 is 10.6 Å². The Morgan fingerprint density at radius 1 is 1.10 bits per heavy atom. The van der Waals surface area contributed by atoms with Crippen molar-refractivity contribution < 1.29 is 18.0 Å². The molecule has 2 heterocycles. The number of hydrogen-bond acceptors (Lipinski definition) is 6. The highest BCUT2D eigenvalue weighted by Gasteiger charge is 2.20. The summed E-state index contributed by atoms with van der Waals surface area (Å²) < 4.78 is 26.4. The van der Waals surface area contributed by atoms with Gasteiger partial charge in [0.05, 0.1) is 9.90 Å². The van der Waals surface area contributed by atoms with E-state index in [1.54, 1.807) is 43.5 Å². The zero-order valence-electron chi connectivity index (χ0n) is 15.0. The molecule has 0 saturated heterocycles. The normalized spacial score (nSPS) is 11.0. The molecule has 11 heteroatoms. The molecule has 0 saturated carbocycles. The van der Waals surface area contributed by atoms with E-state index in [9.17, 15) is 18.0 Å². The van der Waals surface area contributed by atoms with Crippen molar-refractivity contribution in [2.24, 2.45) is 0 Å². The lowest BCUT2D eigenvalue weighted by atomic mass is 10.1. The number of carbonyl (C=O) groups excluding carboxylic acids is 2. The molecule has 0 aliphatic rings. The molecule has 3 N–H and O–H groups in total. The van der Waals surface area contributed by atoms with Gasteiger partial charge in [0.1, 0.15) is 4.21 Å². The van der Waals surface area contributed by atoms with Gasteiger partial charge in [0.25, 0.3) is 15.9 Å². The molecule has 0 spiro atoms. The number of anilines is 2. The summed E-state index contributed by atoms with van der Waals surface area (Å²) in [5.41, 5.74) is 1.99. The number of urea groups is 1. The summed E-state index contributed by atoms with van der Waals surface area (Å²) in [6.45, 7) is 1.74. The SMILES string of the molecule is Cc1cc(NC(=O)NS(=O)(=O)c2ccc(Cl)s2)ccc1NC(=O)c1cccnc1. The van der Waals surface area contributed by atoms with Crippen molar-refractivity contribution in [3.05, 3.63) is 70.3 Å². The number of carbonyl (C=O) groups is 2. The molecule has 0 bridgehead atoms. The van der Waals surface area contributed by atoms with Crippen molar-refractivity contribution >= 4 is 56.3 Å². The van der Waals surface area contributed by atoms with Crippen LogP contribution in [0, 0.1) is 6.92 Å². The van der Waals surface area contributed by atoms with Crippen molar-refractivity contribution in [1.29, 1.82) is 0 Å². The number of nitrogens with one attached hydrogen (secondary N) is 3. The molecule has 2 aromatic heterocycles. The minimum absolute atomic E-state index is 0.0673. The summed E-state index contributed by atoms with van der Waals surface area (Å²) in [7, 11) is -4.01. The van der Waals surface area contributed by atoms with E-state index in [4.69, 9.17) is 11.6 Å². The van der Waals surface area contributed by atoms with Gasteiger partial charge in [-0.25, -0.2) is 17.9 Å². The Morgan fingerprint density at radius 2 is 1.90 bits per heavy atom. The van der Waals surface area contributed by atoms with E-state index in [1.807, 2.05) is 4.72 Å². The van der Waals surface area contributed by atoms with Crippen LogP contribution in [0.25, 0.3) is 0 Å². The number of nitrogens with zero attached hydrogens (tertiary/aromatic N) is 1. The quantitative estimate of drug-likeness (QED) is 0.545. The lowest BCUT2D eigenvalue weighted by Gasteiger charge is -2.12. The summed E-state index contributed by atoms with van der Waals surface area (Å²) in [4.78, 5) is 28.2. The average Bonchev–Trinajstić information content (AvgIpc) is 3.11. The standard InChI is InChI=1S/C18H15ClN4O4S2/c1-11-9-13(4-5-14(11)22-17(24)12-3-2-8-20-10-12)21-18(25)23-29(26,27)16-7-6-15(19)28-16/h2-10H,1H3,(H,22,24)(H2,21,23,25). The van der Waals surface area contributed by atoms with E-state index in [-0.39, 0.29) is 10.1 Å². The number of aryl methyl sites for hydroxylation is 1. The first-order valence-corrected chi connectivity index (χ1v) is 10.8. The number of sulfonamides is 1. The summed E-state index contributed by atoms with van der Waals surface area (Å²) in [5.74, 6) is -0.319. The van der Waals surface area contributed by atoms with Gasteiger partial charge >= 0.3 is 6.03 Å². The maximum absolute atomic E-state index is 12.2. The molecule has 3 aromatic rings. The van der Waals surface area contributed by atoms with Gasteiger partial charge in [0.2, 0.25) is 0 Å². The zero-order chi connectivity index (χ0) is 21.0. The Kier molecular flexibility index (Phi) is 6.16. The van der Waals surface area contributed by atoms with Gasteiger partial charge in [-0.3, -0.25) is 9.78 Å². The van der Waals surface area contributed by atoms with Crippen molar-refractivity contribution in [3.8, 4) is 0 Å². The molecule has 150 valence electrons. The van der Waals surface area contributed by atoms with Crippen LogP contribution in [0.2, 0.25) is 4.34 Å². The van der Waals surface area contributed by atoms with Gasteiger partial charge in [0.15, 0.2) is 0 Å². The molecular formula is C18H15ClN4O4S2. The van der Waals surface area contributed by atoms with Gasteiger partial charge in [-0.05, 0) is 55.0 Å². The molecule has 29 heavy (non-hydrogen) atoms. The van der Waals surface area contributed by atoms with Crippen LogP contribution in [-0.2, 0) is 10.0 Å². The second kappa shape index (κ2) is 8.60. The number of amides is 3. The first-order valence-electron chi connectivity index (χ1n) is 8.16. The number of aromatic nitrogens is 1. The molecule has 8 nitrogen and oxygen atoms in total. The Hall–Kier alpha value is -2.95. The van der Waals surface area contributed by atoms with Crippen LogP contribution in [0.15, 0.2) is 59.1 Å². The Balaban J connectivity index is 1.65. The fraction of sp³-hybridized carbons (Fsp3) is 0.0556. The Labute approximate surface area is 176 Å². The minimum Gasteiger partial charge on any atom is -0.322 e. The van der Waals surface area contributed by atoms with Crippen LogP contribution < -0.4 is 15.4 Å². The fourth-order valence-corrected chi connectivity index (χ4v) is 4.73. The highest BCUT2D eigenvalue weighted by atomic mass is 35.5. The van der Waals surface area contributed by atoms with Crippen LogP contribution in [-0.4, -0.2) is 25.3 Å². The molecule has 0 unspecified atom stereocenters. The van der Waals surface area contributed by atoms with E-state index >= 15 is 0 Å². The molecule has 0 aliphatic carbocycles. The third-order valence-electron chi connectivity index (χ3n) is 3.70. The van der Waals surface area contributed by atoms with Crippen molar-refractivity contribution in [2.45, 2.75) is 11.1 Å². The van der Waals surface area contributed by atoms with Crippen LogP contribution in [0.4, 0.5) is 16.2 Å². The summed E-state index contributed by atoms with van der Waals surface area (Å²) in [6.07, 6.45) is 3.02. The van der Waals surface area contributed by atoms with E-state index in [0.717, 1.165) is 11.3 Å². The first kappa shape index (κ1) is 20.8. The van der Waals surface area contributed by atoms with E-state index in [2.05, 4.69) is 15.6 Å². The first-order chi connectivity index (χ1) is 13.7. The largest absolute Gasteiger partial charge is 0.333 e. The van der Waals surface area contributed by atoms with E-state index < -0.39 is 16.1 Å². The van der Waals surface area contributed by atoms with Crippen LogP contribution >= 0.6 is 22.9 Å². The average molecular weight is 451 g/mol. The third kappa shape index (κ3) is 5.31. The molecule has 0 radical (unpaired) electrons. The Morgan fingerprint density at radius 3 is 2.52 bits per heavy atom. The van der Waals surface area contributed by atoms with Crippen molar-refractivity contribution in [1.82, 2.24) is 9.71 Å². The minimum atomic E-state index is -4.01. The van der Waals surface area contributed by atoms with Gasteiger partial charge in [-0.2, -0.15) is 0 Å². The smallest absolute Gasteiger partial charge is 0.322 e. The maximum Gasteiger partial charge on any atom is 0.333 e. The van der Waals surface area contributed by atoms with Gasteiger partial charge in [-0.15, -0.1) is 11.3 Å². The highest BCUT2D eigenvalue weighted by molar-refractivity contribution is 7.92. The highest BCUT2D eigenvalue weighted by Crippen LogP contribution is 2.25. The molecule has 0 atom stereocenters. The van der Waals surface area contributed by atoms with Crippen LogP contribution in [0.1, 0.15) is 15.9 Å². The summed E-state index contributed by atoms with van der Waals surface area (Å²) in [6, 6.07) is 9.87. The Bertz CT molecular complexity index is 1160. The zero-order valence-corrected chi connectivity index (χ0v) is 17.4. The lowest BCUT2D eigenvalue weighted by molar-refractivity contribution is 0.102. The number of benzene rings is 1. The maximum atomic E-state index is 12.2. The van der Waals surface area contributed by atoms with E-state index in [1.165, 1.54) is 18.3 Å². The lowest BCUT2D eigenvalue weighted by Crippen LogP contribution is -2.33. The fourth-order valence-electron chi connectivity index (χ4n) is 2.34. The molecule has 0 aliphatic heterocycles. The number of thiophene rings is 1. The number of halogens is 1. The molecule has 3 rings (SSSR count). The van der Waals surface area contributed by atoms with Crippen LogP contribution in [0.5, 0.6) is 0 Å². The summed E-state index contributed by atoms with van der Waals surface area (Å²) in [5, 5.41) is 5.20. The third-order valence-corrected chi connectivity index (χ3v) is 6.75. The predicted molar refractivity (Wildman–Crippen MR) is 112 cm³/mol. The second-order valence-electron chi connectivity index (χ2n) is 5.84. The predicted octanol–water partition coefficient (Wildman–Crippen LogP) is 3.87.